The van der Waals surface area contributed by atoms with E-state index in [9.17, 15) is 5.26 Å². The number of rotatable bonds is 2. The minimum absolute atomic E-state index is 0.187. The first-order chi connectivity index (χ1) is 10.2. The van der Waals surface area contributed by atoms with Crippen LogP contribution in [0.4, 0.5) is 17.5 Å². The molecule has 0 unspecified atom stereocenters. The van der Waals surface area contributed by atoms with Crippen LogP contribution in [0, 0.1) is 11.3 Å². The van der Waals surface area contributed by atoms with Crippen LogP contribution in [0.5, 0.6) is 0 Å². The van der Waals surface area contributed by atoms with Gasteiger partial charge in [-0.2, -0.15) is 10.2 Å². The van der Waals surface area contributed by atoms with Gasteiger partial charge in [0.1, 0.15) is 11.9 Å². The fraction of sp³-hybridized carbons (Fsp3) is 0. The first-order valence-corrected chi connectivity index (χ1v) is 6.95. The van der Waals surface area contributed by atoms with E-state index in [0.717, 1.165) is 15.4 Å². The maximum atomic E-state index is 9.22. The summed E-state index contributed by atoms with van der Waals surface area (Å²) < 4.78 is 0.844. The Hall–Kier alpha value is -2.65. The lowest BCUT2D eigenvalue weighted by Crippen LogP contribution is -2.02. The van der Waals surface area contributed by atoms with Gasteiger partial charge in [-0.1, -0.05) is 28.1 Å². The molecule has 0 amide bonds. The average Bonchev–Trinajstić information content (AvgIpc) is 2.48. The maximum Gasteiger partial charge on any atom is 0.222 e. The summed E-state index contributed by atoms with van der Waals surface area (Å²) in [6.45, 7) is 0. The third-order valence-electron chi connectivity index (χ3n) is 2.98. The van der Waals surface area contributed by atoms with Crippen LogP contribution in [0.2, 0.25) is 0 Å². The minimum Gasteiger partial charge on any atom is -0.368 e. The van der Waals surface area contributed by atoms with Crippen LogP contribution in [0.25, 0.3) is 10.9 Å². The summed E-state index contributed by atoms with van der Waals surface area (Å²) in [5, 5.41) is 13.2. The summed E-state index contributed by atoms with van der Waals surface area (Å²) in [5.41, 5.74) is 7.68. The molecule has 2 aromatic carbocycles. The van der Waals surface area contributed by atoms with Crippen LogP contribution in [-0.2, 0) is 0 Å². The number of hydrogen-bond donors (Lipinski definition) is 2. The van der Waals surface area contributed by atoms with Crippen LogP contribution in [0.3, 0.4) is 0 Å². The van der Waals surface area contributed by atoms with E-state index in [-0.39, 0.29) is 5.95 Å². The second-order valence-corrected chi connectivity index (χ2v) is 5.29. The zero-order valence-corrected chi connectivity index (χ0v) is 12.4. The van der Waals surface area contributed by atoms with Gasteiger partial charge in [0.25, 0.3) is 0 Å². The summed E-state index contributed by atoms with van der Waals surface area (Å²) in [6.07, 6.45) is 0. The topological polar surface area (TPSA) is 87.6 Å². The first-order valence-electron chi connectivity index (χ1n) is 6.16. The minimum atomic E-state index is 0.187. The van der Waals surface area contributed by atoms with Gasteiger partial charge in [0.2, 0.25) is 5.95 Å². The number of benzene rings is 2. The van der Waals surface area contributed by atoms with Crippen molar-refractivity contribution in [3.05, 3.63) is 52.5 Å². The highest BCUT2D eigenvalue weighted by atomic mass is 79.9. The molecule has 6 heteroatoms. The molecule has 21 heavy (non-hydrogen) atoms. The zero-order valence-electron chi connectivity index (χ0n) is 10.8. The molecule has 0 aliphatic carbocycles. The van der Waals surface area contributed by atoms with E-state index in [0.29, 0.717) is 17.1 Å². The van der Waals surface area contributed by atoms with Crippen molar-refractivity contribution < 1.29 is 0 Å². The number of halogens is 1. The number of fused-ring (bicyclic) bond motifs is 1. The van der Waals surface area contributed by atoms with Gasteiger partial charge in [-0.15, -0.1) is 0 Å². The first kappa shape index (κ1) is 13.3. The van der Waals surface area contributed by atoms with Crippen molar-refractivity contribution in [3.8, 4) is 6.07 Å². The number of para-hydroxylation sites is 1. The molecule has 0 spiro atoms. The van der Waals surface area contributed by atoms with Crippen molar-refractivity contribution in [2.75, 3.05) is 11.1 Å². The van der Waals surface area contributed by atoms with Crippen LogP contribution in [-0.4, -0.2) is 9.97 Å². The molecular formula is C15H10BrN5. The van der Waals surface area contributed by atoms with Crippen molar-refractivity contribution in [1.29, 1.82) is 5.26 Å². The third kappa shape index (κ3) is 2.64. The molecule has 0 atom stereocenters. The molecular weight excluding hydrogens is 330 g/mol. The molecule has 102 valence electrons. The Morgan fingerprint density at radius 3 is 2.76 bits per heavy atom. The summed E-state index contributed by atoms with van der Waals surface area (Å²) in [6, 6.07) is 15.1. The predicted molar refractivity (Wildman–Crippen MR) is 86.1 cm³/mol. The highest BCUT2D eigenvalue weighted by Gasteiger charge is 2.09. The Morgan fingerprint density at radius 2 is 1.95 bits per heavy atom. The average molecular weight is 340 g/mol. The largest absolute Gasteiger partial charge is 0.368 e. The fourth-order valence-electron chi connectivity index (χ4n) is 2.04. The van der Waals surface area contributed by atoms with Gasteiger partial charge in [-0.05, 0) is 30.3 Å². The number of anilines is 3. The maximum absolute atomic E-state index is 9.22. The molecule has 0 aliphatic heterocycles. The van der Waals surface area contributed by atoms with Crippen molar-refractivity contribution in [2.45, 2.75) is 0 Å². The van der Waals surface area contributed by atoms with E-state index in [1.165, 1.54) is 0 Å². The predicted octanol–water partition coefficient (Wildman–Crippen LogP) is 3.59. The lowest BCUT2D eigenvalue weighted by atomic mass is 10.2. The molecule has 0 aliphatic rings. The van der Waals surface area contributed by atoms with E-state index in [4.69, 9.17) is 5.73 Å². The Labute approximate surface area is 129 Å². The third-order valence-corrected chi connectivity index (χ3v) is 3.47. The highest BCUT2D eigenvalue weighted by molar-refractivity contribution is 9.10. The second kappa shape index (κ2) is 5.38. The molecule has 3 N–H and O–H groups in total. The molecule has 3 aromatic rings. The van der Waals surface area contributed by atoms with Crippen molar-refractivity contribution >= 4 is 44.3 Å². The number of nitrogens with two attached hydrogens (primary N) is 1. The molecule has 0 bridgehead atoms. The second-order valence-electron chi connectivity index (χ2n) is 4.37. The van der Waals surface area contributed by atoms with Gasteiger partial charge < -0.3 is 11.1 Å². The van der Waals surface area contributed by atoms with Gasteiger partial charge >= 0.3 is 0 Å². The lowest BCUT2D eigenvalue weighted by molar-refractivity contribution is 1.23. The summed E-state index contributed by atoms with van der Waals surface area (Å²) in [4.78, 5) is 8.42. The number of nitrogens with one attached hydrogen (secondary N) is 1. The quantitative estimate of drug-likeness (QED) is 0.744. The Morgan fingerprint density at radius 1 is 1.14 bits per heavy atom. The smallest absolute Gasteiger partial charge is 0.222 e. The molecule has 0 fully saturated rings. The standard InChI is InChI=1S/C15H10BrN5/c16-10-5-6-12(9(7-10)8-17)19-14-11-3-1-2-4-13(11)20-15(18)21-14/h1-7H,(H3,18,19,20,21). The van der Waals surface area contributed by atoms with Crippen LogP contribution >= 0.6 is 15.9 Å². The summed E-state index contributed by atoms with van der Waals surface area (Å²) >= 11 is 3.35. The van der Waals surface area contributed by atoms with Gasteiger partial charge in [-0.3, -0.25) is 0 Å². The zero-order chi connectivity index (χ0) is 14.8. The molecule has 0 saturated heterocycles. The van der Waals surface area contributed by atoms with Crippen LogP contribution < -0.4 is 11.1 Å². The SMILES string of the molecule is N#Cc1cc(Br)ccc1Nc1nc(N)nc2ccccc12. The van der Waals surface area contributed by atoms with Crippen LogP contribution in [0.1, 0.15) is 5.56 Å². The van der Waals surface area contributed by atoms with E-state index in [2.05, 4.69) is 37.3 Å². The Bertz CT molecular complexity index is 870. The lowest BCUT2D eigenvalue weighted by Gasteiger charge is -2.10. The number of nitriles is 1. The fourth-order valence-corrected chi connectivity index (χ4v) is 2.40. The number of nitrogen functional groups attached to an aromatic ring is 1. The van der Waals surface area contributed by atoms with E-state index >= 15 is 0 Å². The molecule has 3 rings (SSSR count). The van der Waals surface area contributed by atoms with Crippen molar-refractivity contribution in [1.82, 2.24) is 9.97 Å². The van der Waals surface area contributed by atoms with E-state index in [1.807, 2.05) is 36.4 Å². The highest BCUT2D eigenvalue weighted by Crippen LogP contribution is 2.27. The van der Waals surface area contributed by atoms with E-state index in [1.54, 1.807) is 6.07 Å². The summed E-state index contributed by atoms with van der Waals surface area (Å²) in [5.74, 6) is 0.767. The van der Waals surface area contributed by atoms with Gasteiger partial charge in [0.05, 0.1) is 16.8 Å². The Balaban J connectivity index is 2.13. The number of nitrogens with zero attached hydrogens (tertiary/aromatic N) is 3. The van der Waals surface area contributed by atoms with Gasteiger partial charge in [0, 0.05) is 9.86 Å². The van der Waals surface area contributed by atoms with Crippen LogP contribution in [0.15, 0.2) is 46.9 Å². The Kier molecular flexibility index (Phi) is 3.42. The normalized spacial score (nSPS) is 10.3. The van der Waals surface area contributed by atoms with Gasteiger partial charge in [0.15, 0.2) is 0 Å². The monoisotopic (exact) mass is 339 g/mol. The molecule has 1 heterocycles. The molecule has 0 radical (unpaired) electrons. The molecule has 5 nitrogen and oxygen atoms in total. The number of aromatic nitrogens is 2. The van der Waals surface area contributed by atoms with Gasteiger partial charge in [-0.25, -0.2) is 4.98 Å². The molecule has 0 saturated carbocycles. The van der Waals surface area contributed by atoms with Crippen molar-refractivity contribution in [3.63, 3.8) is 0 Å². The van der Waals surface area contributed by atoms with E-state index < -0.39 is 0 Å². The summed E-state index contributed by atoms with van der Waals surface area (Å²) in [7, 11) is 0. The molecule has 1 aromatic heterocycles. The van der Waals surface area contributed by atoms with Crippen molar-refractivity contribution in [2.24, 2.45) is 0 Å². The number of hydrogen-bond acceptors (Lipinski definition) is 5.